The summed E-state index contributed by atoms with van der Waals surface area (Å²) in [6.07, 6.45) is 6.82. The van der Waals surface area contributed by atoms with Crippen LogP contribution in [-0.4, -0.2) is 77.6 Å². The number of ether oxygens (including phenoxy) is 1. The van der Waals surface area contributed by atoms with Gasteiger partial charge < -0.3 is 15.0 Å². The van der Waals surface area contributed by atoms with E-state index in [0.29, 0.717) is 36.8 Å². The van der Waals surface area contributed by atoms with Crippen LogP contribution in [0.4, 0.5) is 9.18 Å². The first-order chi connectivity index (χ1) is 21.5. The summed E-state index contributed by atoms with van der Waals surface area (Å²) in [5.74, 6) is -2.74. The van der Waals surface area contributed by atoms with Crippen molar-refractivity contribution in [1.82, 2.24) is 24.7 Å². The maximum Gasteiger partial charge on any atom is 0.410 e. The second kappa shape index (κ2) is 12.5. The monoisotopic (exact) mass is 665 g/mol. The van der Waals surface area contributed by atoms with Crippen molar-refractivity contribution in [3.8, 4) is 0 Å². The van der Waals surface area contributed by atoms with Gasteiger partial charge in [-0.3, -0.25) is 24.0 Å². The molecule has 3 aliphatic heterocycles. The molecule has 5 aliphatic rings. The fourth-order valence-corrected chi connectivity index (χ4v) is 8.11. The molecule has 0 aromatic heterocycles. The van der Waals surface area contributed by atoms with Crippen LogP contribution < -0.4 is 14.9 Å². The Morgan fingerprint density at radius 1 is 1.11 bits per heavy atom. The van der Waals surface area contributed by atoms with Gasteiger partial charge in [-0.15, -0.1) is 0 Å². The number of benzene rings is 1. The smallest absolute Gasteiger partial charge is 0.410 e. The summed E-state index contributed by atoms with van der Waals surface area (Å²) < 4.78 is 47.4. The number of hydrogen-bond acceptors (Lipinski definition) is 8. The lowest BCUT2D eigenvalue weighted by Crippen LogP contribution is -2.57. The van der Waals surface area contributed by atoms with Crippen molar-refractivity contribution in [2.45, 2.75) is 99.9 Å². The average molecular weight is 666 g/mol. The third-order valence-corrected chi connectivity index (χ3v) is 11.5. The van der Waals surface area contributed by atoms with Gasteiger partial charge in [-0.05, 0) is 61.9 Å². The lowest BCUT2D eigenvalue weighted by Gasteiger charge is -2.29. The first kappa shape index (κ1) is 31.7. The minimum absolute atomic E-state index is 0.0364. The molecule has 15 heteroatoms. The third-order valence-electron chi connectivity index (χ3n) is 9.43. The molecule has 244 valence electrons. The summed E-state index contributed by atoms with van der Waals surface area (Å²) in [4.78, 5) is 59.4. The topological polar surface area (TPSA) is 154 Å². The van der Waals surface area contributed by atoms with E-state index in [2.05, 4.69) is 14.9 Å². The Morgan fingerprint density at radius 2 is 1.91 bits per heavy atom. The van der Waals surface area contributed by atoms with Gasteiger partial charge >= 0.3 is 6.09 Å². The molecule has 3 N–H and O–H groups in total. The van der Waals surface area contributed by atoms with E-state index in [1.165, 1.54) is 15.9 Å². The zero-order valence-corrected chi connectivity index (χ0v) is 26.2. The van der Waals surface area contributed by atoms with Gasteiger partial charge in [0.1, 0.15) is 29.5 Å². The van der Waals surface area contributed by atoms with E-state index in [4.69, 9.17) is 16.5 Å². The Morgan fingerprint density at radius 3 is 2.64 bits per heavy atom. The molecule has 3 fully saturated rings. The first-order valence-corrected chi connectivity index (χ1v) is 17.4. The van der Waals surface area contributed by atoms with Crippen molar-refractivity contribution in [3.05, 3.63) is 47.3 Å². The molecule has 3 heterocycles. The van der Waals surface area contributed by atoms with Gasteiger partial charge in [0, 0.05) is 24.4 Å². The van der Waals surface area contributed by atoms with Gasteiger partial charge in [-0.25, -0.2) is 22.4 Å². The summed E-state index contributed by atoms with van der Waals surface area (Å²) in [6, 6.07) is 2.73. The molecule has 2 saturated carbocycles. The molecular formula is C30H37ClFN5O7S. The van der Waals surface area contributed by atoms with Crippen molar-refractivity contribution < 1.29 is 36.7 Å². The molecule has 1 unspecified atom stereocenters. The van der Waals surface area contributed by atoms with Crippen LogP contribution in [0.25, 0.3) is 0 Å². The quantitative estimate of drug-likeness (QED) is 0.320. The van der Waals surface area contributed by atoms with Crippen LogP contribution in [0.2, 0.25) is 0 Å². The van der Waals surface area contributed by atoms with Gasteiger partial charge in [-0.2, -0.15) is 0 Å². The second-order valence-electron chi connectivity index (χ2n) is 12.7. The van der Waals surface area contributed by atoms with E-state index in [9.17, 15) is 32.0 Å². The van der Waals surface area contributed by atoms with Crippen LogP contribution in [0.3, 0.4) is 0 Å². The Bertz CT molecular complexity index is 1520. The molecule has 4 amide bonds. The molecule has 12 nitrogen and oxygen atoms in total. The summed E-state index contributed by atoms with van der Waals surface area (Å²) in [5, 5.41) is 2.16. The highest BCUT2D eigenvalue weighted by Gasteiger charge is 2.62. The van der Waals surface area contributed by atoms with Gasteiger partial charge in [0.2, 0.25) is 21.8 Å². The lowest BCUT2D eigenvalue weighted by atomic mass is 10.1. The number of nitrogens with zero attached hydrogens (tertiary/aromatic N) is 2. The van der Waals surface area contributed by atoms with Gasteiger partial charge in [0.25, 0.3) is 5.91 Å². The minimum atomic E-state index is -3.87. The third kappa shape index (κ3) is 6.54. The number of nitrogens with one attached hydrogen (secondary N) is 3. The molecule has 6 rings (SSSR count). The highest BCUT2D eigenvalue weighted by atomic mass is 35.5. The van der Waals surface area contributed by atoms with Crippen LogP contribution in [0.5, 0.6) is 0 Å². The minimum Gasteiger partial charge on any atom is -0.444 e. The van der Waals surface area contributed by atoms with E-state index in [1.807, 2.05) is 12.2 Å². The van der Waals surface area contributed by atoms with Crippen LogP contribution in [0, 0.1) is 11.7 Å². The van der Waals surface area contributed by atoms with E-state index >= 15 is 0 Å². The van der Waals surface area contributed by atoms with Crippen molar-refractivity contribution in [1.29, 1.82) is 0 Å². The first-order valence-electron chi connectivity index (χ1n) is 15.5. The predicted octanol–water partition coefficient (Wildman–Crippen LogP) is 2.36. The largest absolute Gasteiger partial charge is 0.444 e. The fraction of sp³-hybridized carbons (Fsp3) is 0.600. The summed E-state index contributed by atoms with van der Waals surface area (Å²) >= 11 is 5.99. The lowest BCUT2D eigenvalue weighted by molar-refractivity contribution is -0.141. The molecule has 1 aromatic carbocycles. The number of carbonyl (C=O) groups excluding carboxylic acids is 4. The Balaban J connectivity index is 1.22. The van der Waals surface area contributed by atoms with Crippen LogP contribution in [0.15, 0.2) is 30.4 Å². The molecule has 0 bridgehead atoms. The van der Waals surface area contributed by atoms with E-state index < -0.39 is 74.5 Å². The number of sulfonamides is 1. The van der Waals surface area contributed by atoms with E-state index in [1.54, 1.807) is 12.1 Å². The molecule has 0 spiro atoms. The van der Waals surface area contributed by atoms with Crippen LogP contribution >= 0.6 is 11.8 Å². The number of rotatable bonds is 5. The zero-order valence-electron chi connectivity index (χ0n) is 24.7. The normalized spacial score (nSPS) is 31.1. The standard InChI is InChI=1S/C30H37ClFN5O7S/c31-34-24-10-5-3-1-2-4-8-19-14-30(19,28(40)35-45(42,43)21-11-12-21)33-26(38)25-13-20(16-37(25)27(24)39)44-29(41)36-15-18-7-6-9-23(32)22(18)17-36/h4,6-9,19-21,24-25,34H,1-3,5,10-17H2,(H,33,38)(H,35,40)/b8-4-/t19-,20-,24+,25?,30-/m1/s1. The number of amides is 4. The molecule has 5 atom stereocenters. The highest BCUT2D eigenvalue weighted by molar-refractivity contribution is 7.91. The maximum absolute atomic E-state index is 14.3. The van der Waals surface area contributed by atoms with Gasteiger partial charge in [-0.1, -0.05) is 37.1 Å². The van der Waals surface area contributed by atoms with Gasteiger partial charge in [0.15, 0.2) is 0 Å². The van der Waals surface area contributed by atoms with E-state index in [0.717, 1.165) is 19.3 Å². The van der Waals surface area contributed by atoms with Gasteiger partial charge in [0.05, 0.1) is 18.3 Å². The van der Waals surface area contributed by atoms with Crippen molar-refractivity contribution >= 4 is 45.6 Å². The molecule has 1 aromatic rings. The van der Waals surface area contributed by atoms with Crippen LogP contribution in [-0.2, 0) is 42.2 Å². The number of allylic oxidation sites excluding steroid dienone is 1. The predicted molar refractivity (Wildman–Crippen MR) is 160 cm³/mol. The molecule has 45 heavy (non-hydrogen) atoms. The molecule has 0 radical (unpaired) electrons. The van der Waals surface area contributed by atoms with Crippen molar-refractivity contribution in [2.75, 3.05) is 6.54 Å². The number of halogens is 2. The number of hydrogen-bond donors (Lipinski definition) is 3. The number of fused-ring (bicyclic) bond motifs is 3. The van der Waals surface area contributed by atoms with Crippen LogP contribution in [0.1, 0.15) is 68.9 Å². The SMILES string of the molecule is O=C1N[C@]2(C(=O)NS(=O)(=O)C3CC3)C[C@H]2/C=C\CCCCC[C@H](NCl)C(=O)N2C[C@H](OC(=O)N3Cc4cccc(F)c4C3)CC12. The Hall–Kier alpha value is -3.23. The number of carbonyl (C=O) groups is 4. The molecular weight excluding hydrogens is 629 g/mol. The highest BCUT2D eigenvalue weighted by Crippen LogP contribution is 2.46. The Kier molecular flexibility index (Phi) is 8.83. The van der Waals surface area contributed by atoms with Crippen molar-refractivity contribution in [3.63, 3.8) is 0 Å². The Labute approximate surface area is 266 Å². The molecule has 2 aliphatic carbocycles. The van der Waals surface area contributed by atoms with Crippen molar-refractivity contribution in [2.24, 2.45) is 5.92 Å². The summed E-state index contributed by atoms with van der Waals surface area (Å²) in [5.41, 5.74) is -0.397. The van der Waals surface area contributed by atoms with E-state index in [-0.39, 0.29) is 32.5 Å². The fourth-order valence-electron chi connectivity index (χ4n) is 6.54. The molecule has 1 saturated heterocycles. The maximum atomic E-state index is 14.3. The summed E-state index contributed by atoms with van der Waals surface area (Å²) in [7, 11) is -3.87. The zero-order chi connectivity index (χ0) is 31.9. The second-order valence-corrected chi connectivity index (χ2v) is 14.8. The average Bonchev–Trinajstić information content (AvgIpc) is 3.88. The summed E-state index contributed by atoms with van der Waals surface area (Å²) in [6.45, 7) is 0.111.